The van der Waals surface area contributed by atoms with Gasteiger partial charge in [-0.05, 0) is 118 Å². The summed E-state index contributed by atoms with van der Waals surface area (Å²) in [6.07, 6.45) is 8.39. The number of hydrogen-bond donors (Lipinski definition) is 0. The highest BCUT2D eigenvalue weighted by Gasteiger charge is 2.55. The van der Waals surface area contributed by atoms with Crippen molar-refractivity contribution in [2.75, 3.05) is 0 Å². The van der Waals surface area contributed by atoms with Crippen LogP contribution in [-0.2, 0) is 27.9 Å². The van der Waals surface area contributed by atoms with Gasteiger partial charge in [-0.1, -0.05) is 79.7 Å². The molecule has 0 radical (unpaired) electrons. The van der Waals surface area contributed by atoms with Gasteiger partial charge in [0.15, 0.2) is 24.2 Å². The van der Waals surface area contributed by atoms with Crippen LogP contribution in [0.2, 0.25) is 26.2 Å². The first kappa shape index (κ1) is 41.5. The number of carbonyl (C=O) groups excluding carboxylic acids is 2. The first-order valence-corrected chi connectivity index (χ1v) is 25.1. The molecule has 7 nitrogen and oxygen atoms in total. The summed E-state index contributed by atoms with van der Waals surface area (Å²) >= 11 is 0. The molecule has 3 aliphatic rings. The van der Waals surface area contributed by atoms with Crippen LogP contribution in [0.5, 0.6) is 5.75 Å². The van der Waals surface area contributed by atoms with E-state index < -0.39 is 42.0 Å². The van der Waals surface area contributed by atoms with Crippen molar-refractivity contribution in [3.05, 3.63) is 53.1 Å². The van der Waals surface area contributed by atoms with Crippen molar-refractivity contribution < 1.29 is 32.7 Å². The van der Waals surface area contributed by atoms with Crippen LogP contribution in [0.25, 0.3) is 0 Å². The lowest BCUT2D eigenvalue weighted by molar-refractivity contribution is -0.180. The first-order valence-electron chi connectivity index (χ1n) is 19.5. The molecule has 1 aromatic rings. The molecule has 2 unspecified atom stereocenters. The van der Waals surface area contributed by atoms with E-state index in [2.05, 4.69) is 107 Å². The third kappa shape index (κ3) is 9.87. The van der Waals surface area contributed by atoms with Crippen molar-refractivity contribution in [1.29, 1.82) is 0 Å². The minimum Gasteiger partial charge on any atom is -0.479 e. The molecule has 4 rings (SSSR count). The molecule has 0 aromatic heterocycles. The van der Waals surface area contributed by atoms with E-state index in [0.717, 1.165) is 12.0 Å². The van der Waals surface area contributed by atoms with Gasteiger partial charge in [0.1, 0.15) is 24.1 Å². The Morgan fingerprint density at radius 3 is 2.25 bits per heavy atom. The number of allylic oxidation sites excluding steroid dienone is 2. The first-order chi connectivity index (χ1) is 23.7. The molecule has 0 N–H and O–H groups in total. The Balaban J connectivity index is 1.69. The van der Waals surface area contributed by atoms with E-state index in [-0.39, 0.29) is 52.5 Å². The summed E-state index contributed by atoms with van der Waals surface area (Å²) in [6, 6.07) is 5.94. The average Bonchev–Trinajstić information content (AvgIpc) is 3.01. The van der Waals surface area contributed by atoms with Gasteiger partial charge < -0.3 is 23.1 Å². The standard InChI is InChI=1S/C42H68O7Si2/c1-15-34(45-31-19-16-26(2)27(3)22-31)38(43)47-35-24-30(40(5,6)7)23-29-18-17-28(4)42(36(29)35,49-51(13)14)21-20-32-25-33(41(8,9)10)37(39(44)46-32)48-50(11)12/h16-19,22-23,28,30,32-37,50-51H,15,20-21,24-25H2,1-14H3/t28-,30+,32+,33-,34?,35-,36+,37?,42-/m0/s1. The molecule has 1 heterocycles. The number of aryl methyl sites for hydroxylation is 2. The zero-order valence-corrected chi connectivity index (χ0v) is 36.4. The van der Waals surface area contributed by atoms with Crippen molar-refractivity contribution in [2.45, 2.75) is 158 Å². The molecule has 0 spiro atoms. The van der Waals surface area contributed by atoms with Crippen molar-refractivity contribution in [2.24, 2.45) is 34.5 Å². The lowest BCUT2D eigenvalue weighted by atomic mass is 9.59. The number of carbonyl (C=O) groups is 2. The second-order valence-corrected chi connectivity index (χ2v) is 23.0. The summed E-state index contributed by atoms with van der Waals surface area (Å²) in [5.74, 6) is 0.295. The molecule has 1 aromatic carbocycles. The predicted octanol–water partition coefficient (Wildman–Crippen LogP) is 9.05. The molecule has 1 aliphatic heterocycles. The maximum Gasteiger partial charge on any atom is 0.347 e. The maximum absolute atomic E-state index is 14.1. The van der Waals surface area contributed by atoms with E-state index in [4.69, 9.17) is 23.1 Å². The summed E-state index contributed by atoms with van der Waals surface area (Å²) in [5, 5.41) is 0. The van der Waals surface area contributed by atoms with Crippen LogP contribution in [-0.4, -0.2) is 60.0 Å². The Labute approximate surface area is 312 Å². The summed E-state index contributed by atoms with van der Waals surface area (Å²) in [4.78, 5) is 27.7. The van der Waals surface area contributed by atoms with Crippen LogP contribution in [0.1, 0.15) is 98.6 Å². The number of hydrogen-bond acceptors (Lipinski definition) is 7. The summed E-state index contributed by atoms with van der Waals surface area (Å²) in [7, 11) is -3.07. The minimum absolute atomic E-state index is 0.0222. The van der Waals surface area contributed by atoms with Gasteiger partial charge in [0.05, 0.1) is 5.60 Å². The van der Waals surface area contributed by atoms with Gasteiger partial charge in [0, 0.05) is 17.8 Å². The monoisotopic (exact) mass is 740 g/mol. The second kappa shape index (κ2) is 16.4. The average molecular weight is 741 g/mol. The molecule has 0 bridgehead atoms. The summed E-state index contributed by atoms with van der Waals surface area (Å²) in [5.41, 5.74) is 2.73. The zero-order valence-electron chi connectivity index (χ0n) is 34.1. The zero-order chi connectivity index (χ0) is 38.1. The van der Waals surface area contributed by atoms with E-state index in [1.807, 2.05) is 25.1 Å². The Morgan fingerprint density at radius 2 is 1.69 bits per heavy atom. The highest BCUT2D eigenvalue weighted by molar-refractivity contribution is 6.49. The number of cyclic esters (lactones) is 1. The number of rotatable bonds is 12. The third-order valence-electron chi connectivity index (χ3n) is 11.5. The Kier molecular flexibility index (Phi) is 13.4. The van der Waals surface area contributed by atoms with E-state index in [1.54, 1.807) is 0 Å². The third-order valence-corrected chi connectivity index (χ3v) is 13.2. The van der Waals surface area contributed by atoms with Crippen molar-refractivity contribution in [1.82, 2.24) is 0 Å². The van der Waals surface area contributed by atoms with E-state index in [9.17, 15) is 9.59 Å². The number of esters is 2. The molecule has 0 amide bonds. The van der Waals surface area contributed by atoms with Gasteiger partial charge in [-0.3, -0.25) is 0 Å². The molecule has 9 atom stereocenters. The van der Waals surface area contributed by atoms with Crippen LogP contribution in [0, 0.1) is 48.3 Å². The lowest BCUT2D eigenvalue weighted by Gasteiger charge is -2.54. The van der Waals surface area contributed by atoms with Crippen LogP contribution < -0.4 is 4.74 Å². The van der Waals surface area contributed by atoms with Gasteiger partial charge in [0.25, 0.3) is 0 Å². The second-order valence-electron chi connectivity index (χ2n) is 18.3. The summed E-state index contributed by atoms with van der Waals surface area (Å²) in [6.45, 7) is 30.3. The van der Waals surface area contributed by atoms with Gasteiger partial charge in [0.2, 0.25) is 0 Å². The summed E-state index contributed by atoms with van der Waals surface area (Å²) < 4.78 is 32.7. The molecule has 51 heavy (non-hydrogen) atoms. The highest BCUT2D eigenvalue weighted by Crippen LogP contribution is 2.53. The van der Waals surface area contributed by atoms with E-state index in [0.29, 0.717) is 31.4 Å². The molecule has 2 aliphatic carbocycles. The quantitative estimate of drug-likeness (QED) is 0.156. The lowest BCUT2D eigenvalue weighted by Crippen LogP contribution is -2.58. The van der Waals surface area contributed by atoms with Crippen molar-refractivity contribution >= 4 is 30.0 Å². The highest BCUT2D eigenvalue weighted by atomic mass is 28.3. The molecular weight excluding hydrogens is 673 g/mol. The van der Waals surface area contributed by atoms with E-state index in [1.165, 1.54) is 11.1 Å². The molecule has 286 valence electrons. The number of fused-ring (bicyclic) bond motifs is 1. The fourth-order valence-electron chi connectivity index (χ4n) is 8.38. The van der Waals surface area contributed by atoms with Gasteiger partial charge >= 0.3 is 11.9 Å². The molecule has 9 heteroatoms. The normalized spacial score (nSPS) is 30.5. The SMILES string of the molecule is CCC(Oc1ccc(C)c(C)c1)C(=O)O[C@H]1C[C@H](C(C)(C)C)C=C2C=C[C@H](C)[C@](CC[C@@H]3C[C@H](C(C)(C)C)C(O[SiH](C)C)C(=O)O3)(O[SiH](C)C)[C@H]21. The van der Waals surface area contributed by atoms with Gasteiger partial charge in [-0.2, -0.15) is 0 Å². The molecule has 0 saturated carbocycles. The Hall–Kier alpha value is -2.21. The molecule has 1 saturated heterocycles. The fourth-order valence-corrected chi connectivity index (χ4v) is 10.6. The largest absolute Gasteiger partial charge is 0.479 e. The van der Waals surface area contributed by atoms with Crippen LogP contribution >= 0.6 is 0 Å². The number of ether oxygens (including phenoxy) is 3. The van der Waals surface area contributed by atoms with E-state index >= 15 is 0 Å². The topological polar surface area (TPSA) is 80.3 Å². The van der Waals surface area contributed by atoms with Crippen LogP contribution in [0.15, 0.2) is 42.0 Å². The Bertz CT molecular complexity index is 1440. The number of benzene rings is 1. The van der Waals surface area contributed by atoms with Crippen molar-refractivity contribution in [3.8, 4) is 5.75 Å². The molecular formula is C42H68O7Si2. The van der Waals surface area contributed by atoms with Crippen molar-refractivity contribution in [3.63, 3.8) is 0 Å². The molecule has 1 fully saturated rings. The maximum atomic E-state index is 14.1. The van der Waals surface area contributed by atoms with Crippen LogP contribution in [0.3, 0.4) is 0 Å². The Morgan fingerprint density at radius 1 is 1.00 bits per heavy atom. The minimum atomic E-state index is -1.61. The van der Waals surface area contributed by atoms with Gasteiger partial charge in [-0.15, -0.1) is 0 Å². The smallest absolute Gasteiger partial charge is 0.347 e. The van der Waals surface area contributed by atoms with Crippen LogP contribution in [0.4, 0.5) is 0 Å². The van der Waals surface area contributed by atoms with Gasteiger partial charge in [-0.25, -0.2) is 9.59 Å². The predicted molar refractivity (Wildman–Crippen MR) is 211 cm³/mol. The fraction of sp³-hybridized carbons (Fsp3) is 0.714.